The molecule has 160 valence electrons. The minimum absolute atomic E-state index is 0. The molecule has 0 amide bonds. The van der Waals surface area contributed by atoms with E-state index in [0.29, 0.717) is 0 Å². The maximum Gasteiger partial charge on any atom is 0.0638 e. The molecule has 2 nitrogen and oxygen atoms in total. The molecule has 0 aliphatic rings. The van der Waals surface area contributed by atoms with Crippen LogP contribution in [-0.2, 0) is 20.4 Å². The summed E-state index contributed by atoms with van der Waals surface area (Å²) in [6.07, 6.45) is 10.7. The van der Waals surface area contributed by atoms with Crippen molar-refractivity contribution in [3.05, 3.63) is 58.7 Å². The van der Waals surface area contributed by atoms with E-state index in [-0.39, 0.29) is 20.4 Å². The first-order valence-electron chi connectivity index (χ1n) is 10.7. The summed E-state index contributed by atoms with van der Waals surface area (Å²) < 4.78 is 0. The van der Waals surface area contributed by atoms with Crippen LogP contribution in [0.1, 0.15) is 74.1 Å². The Morgan fingerprint density at radius 3 is 1.72 bits per heavy atom. The zero-order valence-electron chi connectivity index (χ0n) is 18.7. The predicted octanol–water partition coefficient (Wildman–Crippen LogP) is 8.14. The third kappa shape index (κ3) is 10.2. The van der Waals surface area contributed by atoms with Crippen LogP contribution in [0.25, 0.3) is 0 Å². The molecule has 2 aromatic carbocycles. The van der Waals surface area contributed by atoms with E-state index in [2.05, 4.69) is 71.0 Å². The van der Waals surface area contributed by atoms with Gasteiger partial charge < -0.3 is 0 Å². The van der Waals surface area contributed by atoms with Crippen molar-refractivity contribution in [2.45, 2.75) is 79.6 Å². The van der Waals surface area contributed by atoms with Gasteiger partial charge in [0.2, 0.25) is 0 Å². The first kappa shape index (κ1) is 25.5. The van der Waals surface area contributed by atoms with Gasteiger partial charge in [-0.05, 0) is 87.1 Å². The Labute approximate surface area is 191 Å². The molecule has 2 rings (SSSR count). The molecule has 0 aliphatic carbocycles. The van der Waals surface area contributed by atoms with Gasteiger partial charge in [-0.15, -0.1) is 0 Å². The quantitative estimate of drug-likeness (QED) is 0.185. The third-order valence-electron chi connectivity index (χ3n) is 4.83. The molecule has 0 aliphatic heterocycles. The molecule has 2 aromatic rings. The second-order valence-corrected chi connectivity index (χ2v) is 8.07. The van der Waals surface area contributed by atoms with Crippen LogP contribution in [0.4, 0.5) is 11.4 Å². The van der Waals surface area contributed by atoms with Crippen LogP contribution in [0.2, 0.25) is 0 Å². The van der Waals surface area contributed by atoms with Gasteiger partial charge in [0.05, 0.1) is 17.1 Å². The molecule has 3 heteroatoms. The number of nitrogens with zero attached hydrogens (tertiary/aromatic N) is 2. The smallest absolute Gasteiger partial charge is 0.0638 e. The number of benzene rings is 2. The maximum atomic E-state index is 4.94. The van der Waals surface area contributed by atoms with Crippen molar-refractivity contribution in [1.82, 2.24) is 0 Å². The van der Waals surface area contributed by atoms with Gasteiger partial charge >= 0.3 is 0 Å². The fourth-order valence-corrected chi connectivity index (χ4v) is 3.59. The Bertz CT molecular complexity index is 781. The van der Waals surface area contributed by atoms with E-state index in [1.54, 1.807) is 0 Å². The average Bonchev–Trinajstić information content (AvgIpc) is 2.60. The van der Waals surface area contributed by atoms with Crippen molar-refractivity contribution in [3.8, 4) is 0 Å². The van der Waals surface area contributed by atoms with Crippen molar-refractivity contribution in [1.29, 1.82) is 0 Å². The van der Waals surface area contributed by atoms with E-state index in [1.807, 2.05) is 6.21 Å². The fourth-order valence-electron chi connectivity index (χ4n) is 3.59. The predicted molar refractivity (Wildman–Crippen MR) is 125 cm³/mol. The summed E-state index contributed by atoms with van der Waals surface area (Å²) in [5, 5.41) is 0. The first-order valence-corrected chi connectivity index (χ1v) is 10.7. The monoisotopic (exact) mass is 482 g/mol. The zero-order chi connectivity index (χ0) is 20.4. The summed E-state index contributed by atoms with van der Waals surface area (Å²) in [6, 6.07) is 12.9. The molecule has 0 radical (unpaired) electrons. The van der Waals surface area contributed by atoms with E-state index < -0.39 is 0 Å². The first-order chi connectivity index (χ1) is 13.5. The van der Waals surface area contributed by atoms with Crippen LogP contribution in [0.5, 0.6) is 0 Å². The van der Waals surface area contributed by atoms with Gasteiger partial charge in [-0.2, -0.15) is 0 Å². The second kappa shape index (κ2) is 13.6. The SMILES string of the molecule is CCCCCCCCC(C=Nc1cc(C)cc(C)c1)=Nc1cc(C)cc(C)c1.[Pd]. The molecular weight excluding hydrogens is 447 g/mol. The summed E-state index contributed by atoms with van der Waals surface area (Å²) >= 11 is 0. The normalized spacial score (nSPS) is 11.7. The van der Waals surface area contributed by atoms with E-state index in [1.165, 1.54) is 60.8 Å². The molecular formula is C26H36N2Pd. The molecule has 29 heavy (non-hydrogen) atoms. The van der Waals surface area contributed by atoms with Crippen molar-refractivity contribution in [2.75, 3.05) is 0 Å². The van der Waals surface area contributed by atoms with Gasteiger partial charge in [-0.3, -0.25) is 9.98 Å². The average molecular weight is 483 g/mol. The molecule has 0 N–H and O–H groups in total. The number of hydrogen-bond donors (Lipinski definition) is 0. The molecule has 0 saturated carbocycles. The molecule has 0 atom stereocenters. The summed E-state index contributed by atoms with van der Waals surface area (Å²) in [6.45, 7) is 10.8. The number of aryl methyl sites for hydroxylation is 4. The molecule has 0 unspecified atom stereocenters. The summed E-state index contributed by atoms with van der Waals surface area (Å²) in [7, 11) is 0. The molecule has 0 heterocycles. The van der Waals surface area contributed by atoms with Gasteiger partial charge in [0.1, 0.15) is 0 Å². The minimum Gasteiger partial charge on any atom is -0.255 e. The Hall–Kier alpha value is -1.56. The van der Waals surface area contributed by atoms with Gasteiger partial charge in [-0.1, -0.05) is 51.2 Å². The molecule has 0 spiro atoms. The van der Waals surface area contributed by atoms with E-state index >= 15 is 0 Å². The van der Waals surface area contributed by atoms with E-state index in [9.17, 15) is 0 Å². The summed E-state index contributed by atoms with van der Waals surface area (Å²) in [4.78, 5) is 9.68. The molecule has 0 aromatic heterocycles. The van der Waals surface area contributed by atoms with E-state index in [4.69, 9.17) is 9.98 Å². The Morgan fingerprint density at radius 1 is 0.690 bits per heavy atom. The minimum atomic E-state index is 0. The number of rotatable bonds is 10. The van der Waals surface area contributed by atoms with Crippen LogP contribution < -0.4 is 0 Å². The molecule has 0 fully saturated rings. The van der Waals surface area contributed by atoms with Crippen molar-refractivity contribution >= 4 is 23.3 Å². The summed E-state index contributed by atoms with van der Waals surface area (Å²) in [5.74, 6) is 0. The van der Waals surface area contributed by atoms with Gasteiger partial charge in [0.25, 0.3) is 0 Å². The van der Waals surface area contributed by atoms with Crippen LogP contribution in [-0.4, -0.2) is 11.9 Å². The van der Waals surface area contributed by atoms with Crippen molar-refractivity contribution in [3.63, 3.8) is 0 Å². The van der Waals surface area contributed by atoms with Gasteiger partial charge in [-0.25, -0.2) is 0 Å². The van der Waals surface area contributed by atoms with E-state index in [0.717, 1.165) is 23.5 Å². The Kier molecular flexibility index (Phi) is 12.0. The fraction of sp³-hybridized carbons (Fsp3) is 0.462. The number of hydrogen-bond acceptors (Lipinski definition) is 2. The molecule has 0 bridgehead atoms. The molecule has 0 saturated heterocycles. The Morgan fingerprint density at radius 2 is 1.17 bits per heavy atom. The van der Waals surface area contributed by atoms with Crippen molar-refractivity contribution < 1.29 is 20.4 Å². The zero-order valence-corrected chi connectivity index (χ0v) is 20.3. The third-order valence-corrected chi connectivity index (χ3v) is 4.83. The van der Waals surface area contributed by atoms with Crippen LogP contribution in [0.15, 0.2) is 46.4 Å². The van der Waals surface area contributed by atoms with Crippen molar-refractivity contribution in [2.24, 2.45) is 9.98 Å². The largest absolute Gasteiger partial charge is 0.255 e. The topological polar surface area (TPSA) is 24.7 Å². The van der Waals surface area contributed by atoms with Gasteiger partial charge in [0, 0.05) is 26.6 Å². The summed E-state index contributed by atoms with van der Waals surface area (Å²) in [5.41, 5.74) is 8.11. The standard InChI is InChI=1S/C26H36N2.Pd/c1-6-7-8-9-10-11-12-24(28-26-17-22(4)14-23(5)18-26)19-27-25-15-20(2)13-21(3)16-25;/h13-19H,6-12H2,1-5H3;. The number of unbranched alkanes of at least 4 members (excludes halogenated alkanes) is 5. The van der Waals surface area contributed by atoms with Gasteiger partial charge in [0.15, 0.2) is 0 Å². The van der Waals surface area contributed by atoms with Crippen LogP contribution in [0.3, 0.4) is 0 Å². The maximum absolute atomic E-state index is 4.94. The van der Waals surface area contributed by atoms with Crippen LogP contribution >= 0.6 is 0 Å². The number of aliphatic imine (C=N–C) groups is 2. The van der Waals surface area contributed by atoms with Crippen LogP contribution in [0, 0.1) is 27.7 Å². The second-order valence-electron chi connectivity index (χ2n) is 8.07. The Balaban J connectivity index is 0.00000420.